The van der Waals surface area contributed by atoms with E-state index in [0.717, 1.165) is 67.5 Å². The zero-order chi connectivity index (χ0) is 29.2. The summed E-state index contributed by atoms with van der Waals surface area (Å²) < 4.78 is 62.5. The third-order valence-corrected chi connectivity index (χ3v) is 8.94. The fourth-order valence-corrected chi connectivity index (χ4v) is 5.78. The van der Waals surface area contributed by atoms with E-state index in [9.17, 15) is 31.2 Å². The van der Waals surface area contributed by atoms with Crippen LogP contribution in [-0.2, 0) is 14.6 Å². The van der Waals surface area contributed by atoms with Gasteiger partial charge in [-0.15, -0.1) is 0 Å². The van der Waals surface area contributed by atoms with Gasteiger partial charge in [0, 0.05) is 51.7 Å². The molecule has 0 radical (unpaired) electrons. The lowest BCUT2D eigenvalue weighted by Gasteiger charge is -2.40. The number of urea groups is 1. The first-order valence-electron chi connectivity index (χ1n) is 13.0. The molecule has 0 saturated carbocycles. The van der Waals surface area contributed by atoms with Crippen LogP contribution in [0.25, 0.3) is 0 Å². The van der Waals surface area contributed by atoms with Crippen molar-refractivity contribution in [3.63, 3.8) is 0 Å². The molecule has 2 atom stereocenters. The number of amides is 3. The molecule has 2 unspecified atom stereocenters. The normalized spacial score (nSPS) is 20.5. The first-order chi connectivity index (χ1) is 18.9. The maximum absolute atomic E-state index is 13.8. The van der Waals surface area contributed by atoms with Crippen molar-refractivity contribution < 1.29 is 31.2 Å². The Morgan fingerprint density at radius 1 is 1.02 bits per heavy atom. The molecule has 2 aliphatic rings. The van der Waals surface area contributed by atoms with Gasteiger partial charge in [-0.05, 0) is 62.5 Å². The second-order valence-corrected chi connectivity index (χ2v) is 11.9. The Hall–Kier alpha value is -3.07. The molecular formula is C26H33F3N6O4S. The average Bonchev–Trinajstić information content (AvgIpc) is 3.14. The Labute approximate surface area is 231 Å². The van der Waals surface area contributed by atoms with Crippen molar-refractivity contribution >= 4 is 27.5 Å². The number of hydrogen-bond acceptors (Lipinski definition) is 8. The summed E-state index contributed by atoms with van der Waals surface area (Å²) in [5.74, 6) is -0.564. The van der Waals surface area contributed by atoms with Crippen LogP contribution in [0.5, 0.6) is 0 Å². The van der Waals surface area contributed by atoms with Crippen LogP contribution in [0, 0.1) is 0 Å². The number of alkyl halides is 3. The lowest BCUT2D eigenvalue weighted by Crippen LogP contribution is -2.50. The van der Waals surface area contributed by atoms with E-state index in [1.54, 1.807) is 31.5 Å². The maximum atomic E-state index is 13.8. The Morgan fingerprint density at radius 2 is 1.62 bits per heavy atom. The second kappa shape index (κ2) is 11.8. The van der Waals surface area contributed by atoms with E-state index < -0.39 is 44.4 Å². The Kier molecular flexibility index (Phi) is 8.83. The minimum absolute atomic E-state index is 0.0144. The molecule has 0 N–H and O–H groups in total. The molecule has 0 aliphatic carbocycles. The van der Waals surface area contributed by atoms with Crippen molar-refractivity contribution in [2.45, 2.75) is 36.5 Å². The molecule has 14 heteroatoms. The molecule has 10 nitrogen and oxygen atoms in total. The van der Waals surface area contributed by atoms with E-state index in [0.29, 0.717) is 13.1 Å². The standard InChI is InChI=1S/C26H33F3N6O4S/c1-4-33(18-17-32-15-13-31(3)14-16-32)23(20-9-11-30-12-10-20)34-19(2)24(36)35(25(34)37)21-5-7-22(8-6-21)40(38,39)26(27,28)29/h5-12,19,23H,4,13-18H2,1-3H3. The number of nitrogens with zero attached hydrogens (tertiary/aromatic N) is 6. The molecule has 2 aromatic rings. The molecule has 4 rings (SSSR count). The minimum atomic E-state index is -5.57. The number of likely N-dealkylation sites (N-methyl/N-ethyl adjacent to an activating group) is 2. The van der Waals surface area contributed by atoms with Crippen LogP contribution in [0.3, 0.4) is 0 Å². The van der Waals surface area contributed by atoms with Gasteiger partial charge < -0.3 is 4.90 Å². The minimum Gasteiger partial charge on any atom is -0.304 e. The van der Waals surface area contributed by atoms with Gasteiger partial charge in [-0.25, -0.2) is 18.1 Å². The number of pyridine rings is 1. The first kappa shape index (κ1) is 29.9. The molecule has 218 valence electrons. The largest absolute Gasteiger partial charge is 0.501 e. The van der Waals surface area contributed by atoms with E-state index >= 15 is 0 Å². The van der Waals surface area contributed by atoms with Gasteiger partial charge in [-0.1, -0.05) is 6.92 Å². The number of anilines is 1. The molecule has 1 aromatic heterocycles. The van der Waals surface area contributed by atoms with E-state index in [4.69, 9.17) is 0 Å². The summed E-state index contributed by atoms with van der Waals surface area (Å²) in [4.78, 5) is 39.4. The van der Waals surface area contributed by atoms with Crippen LogP contribution >= 0.6 is 0 Å². The summed E-state index contributed by atoms with van der Waals surface area (Å²) in [6.45, 7) is 9.35. The van der Waals surface area contributed by atoms with Gasteiger partial charge in [-0.2, -0.15) is 13.2 Å². The quantitative estimate of drug-likeness (QED) is 0.417. The van der Waals surface area contributed by atoms with Crippen molar-refractivity contribution in [3.8, 4) is 0 Å². The van der Waals surface area contributed by atoms with Crippen LogP contribution in [0.4, 0.5) is 23.7 Å². The number of aromatic nitrogens is 1. The number of sulfone groups is 1. The highest BCUT2D eigenvalue weighted by atomic mass is 32.2. The molecule has 3 heterocycles. The van der Waals surface area contributed by atoms with Gasteiger partial charge >= 0.3 is 11.5 Å². The molecule has 3 amide bonds. The van der Waals surface area contributed by atoms with E-state index in [2.05, 4.69) is 26.7 Å². The van der Waals surface area contributed by atoms with Crippen molar-refractivity contribution in [2.24, 2.45) is 0 Å². The molecular weight excluding hydrogens is 549 g/mol. The van der Waals surface area contributed by atoms with E-state index in [-0.39, 0.29) is 5.69 Å². The number of piperazine rings is 1. The van der Waals surface area contributed by atoms with Crippen LogP contribution in [0.1, 0.15) is 25.6 Å². The molecule has 0 bridgehead atoms. The van der Waals surface area contributed by atoms with Gasteiger partial charge in [0.25, 0.3) is 15.7 Å². The number of halogens is 3. The number of carbonyl (C=O) groups is 2. The van der Waals surface area contributed by atoms with Crippen molar-refractivity contribution in [1.82, 2.24) is 24.6 Å². The topological polar surface area (TPSA) is 97.4 Å². The molecule has 0 spiro atoms. The third kappa shape index (κ3) is 5.85. The molecule has 40 heavy (non-hydrogen) atoms. The smallest absolute Gasteiger partial charge is 0.304 e. The van der Waals surface area contributed by atoms with Gasteiger partial charge in [-0.3, -0.25) is 24.5 Å². The predicted octanol–water partition coefficient (Wildman–Crippen LogP) is 2.80. The Bertz CT molecular complexity index is 1300. The Morgan fingerprint density at radius 3 is 2.17 bits per heavy atom. The Balaban J connectivity index is 1.62. The highest BCUT2D eigenvalue weighted by Gasteiger charge is 2.49. The fraction of sp³-hybridized carbons (Fsp3) is 0.500. The molecule has 1 aromatic carbocycles. The number of imide groups is 1. The molecule has 2 fully saturated rings. The zero-order valence-corrected chi connectivity index (χ0v) is 23.4. The number of hydrogen-bond donors (Lipinski definition) is 0. The monoisotopic (exact) mass is 582 g/mol. The van der Waals surface area contributed by atoms with Crippen LogP contribution in [0.2, 0.25) is 0 Å². The number of rotatable bonds is 9. The van der Waals surface area contributed by atoms with Crippen LogP contribution in [-0.4, -0.2) is 109 Å². The summed E-state index contributed by atoms with van der Waals surface area (Å²) >= 11 is 0. The van der Waals surface area contributed by atoms with Gasteiger partial charge in [0.05, 0.1) is 10.6 Å². The maximum Gasteiger partial charge on any atom is 0.501 e. The molecule has 2 aliphatic heterocycles. The van der Waals surface area contributed by atoms with Gasteiger partial charge in [0.1, 0.15) is 12.2 Å². The fourth-order valence-electron chi connectivity index (χ4n) is 5.02. The van der Waals surface area contributed by atoms with Crippen molar-refractivity contribution in [2.75, 3.05) is 57.8 Å². The summed E-state index contributed by atoms with van der Waals surface area (Å²) in [6, 6.07) is 5.61. The summed E-state index contributed by atoms with van der Waals surface area (Å²) in [7, 11) is -3.48. The highest BCUT2D eigenvalue weighted by Crippen LogP contribution is 2.36. The van der Waals surface area contributed by atoms with Crippen LogP contribution in [0.15, 0.2) is 53.7 Å². The van der Waals surface area contributed by atoms with Gasteiger partial charge in [0.2, 0.25) is 0 Å². The summed E-state index contributed by atoms with van der Waals surface area (Å²) in [5.41, 5.74) is -4.72. The summed E-state index contributed by atoms with van der Waals surface area (Å²) in [6.07, 6.45) is 2.62. The highest BCUT2D eigenvalue weighted by molar-refractivity contribution is 7.92. The zero-order valence-electron chi connectivity index (χ0n) is 22.6. The SMILES string of the molecule is CCN(CCN1CCN(C)CC1)C(c1ccncc1)N1C(=O)N(c2ccc(S(=O)(=O)C(F)(F)F)cc2)C(=O)C1C. The average molecular weight is 583 g/mol. The van der Waals surface area contributed by atoms with Crippen LogP contribution < -0.4 is 4.90 Å². The molecule has 2 saturated heterocycles. The van der Waals surface area contributed by atoms with Gasteiger partial charge in [0.15, 0.2) is 0 Å². The van der Waals surface area contributed by atoms with E-state index in [1.165, 1.54) is 4.90 Å². The lowest BCUT2D eigenvalue weighted by atomic mass is 10.1. The first-order valence-corrected chi connectivity index (χ1v) is 14.5. The van der Waals surface area contributed by atoms with Crippen molar-refractivity contribution in [3.05, 3.63) is 54.4 Å². The second-order valence-electron chi connectivity index (χ2n) is 9.91. The van der Waals surface area contributed by atoms with E-state index in [1.807, 2.05) is 6.92 Å². The predicted molar refractivity (Wildman–Crippen MR) is 142 cm³/mol. The number of carbonyl (C=O) groups excluding carboxylic acids is 2. The lowest BCUT2D eigenvalue weighted by molar-refractivity contribution is -0.120. The summed E-state index contributed by atoms with van der Waals surface area (Å²) in [5, 5.41) is 0. The number of benzene rings is 1. The van der Waals surface area contributed by atoms with Crippen molar-refractivity contribution in [1.29, 1.82) is 0 Å². The third-order valence-electron chi connectivity index (χ3n) is 7.44.